The minimum absolute atomic E-state index is 0.320. The third-order valence-corrected chi connectivity index (χ3v) is 3.72. The van der Waals surface area contributed by atoms with Crippen LogP contribution in [0.1, 0.15) is 17.3 Å². The molecule has 0 saturated heterocycles. The van der Waals surface area contributed by atoms with E-state index in [1.165, 1.54) is 11.3 Å². The average Bonchev–Trinajstić information content (AvgIpc) is 2.84. The second-order valence-corrected chi connectivity index (χ2v) is 5.12. The van der Waals surface area contributed by atoms with Crippen molar-refractivity contribution in [1.82, 2.24) is 5.32 Å². The molecule has 0 aliphatic carbocycles. The number of hydrogen-bond donors (Lipinski definition) is 3. The number of rotatable bonds is 4. The van der Waals surface area contributed by atoms with E-state index in [9.17, 15) is 9.59 Å². The van der Waals surface area contributed by atoms with E-state index in [0.29, 0.717) is 17.1 Å². The quantitative estimate of drug-likeness (QED) is 0.808. The summed E-state index contributed by atoms with van der Waals surface area (Å²) in [5.41, 5.74) is 6.65. The number of nitrogens with two attached hydrogens (primary N) is 1. The van der Waals surface area contributed by atoms with Crippen LogP contribution in [-0.2, 0) is 0 Å². The number of thiophene rings is 1. The van der Waals surface area contributed by atoms with Crippen LogP contribution in [0.25, 0.3) is 10.4 Å². The van der Waals surface area contributed by atoms with E-state index in [1.807, 2.05) is 37.3 Å². The first-order valence-electron chi connectivity index (χ1n) is 6.15. The van der Waals surface area contributed by atoms with Crippen molar-refractivity contribution in [2.24, 2.45) is 5.73 Å². The van der Waals surface area contributed by atoms with Gasteiger partial charge in [-0.1, -0.05) is 30.3 Å². The molecule has 4 N–H and O–H groups in total. The lowest BCUT2D eigenvalue weighted by Gasteiger charge is -2.04. The summed E-state index contributed by atoms with van der Waals surface area (Å²) in [6.45, 7) is 2.33. The topological polar surface area (TPSA) is 84.2 Å². The largest absolute Gasteiger partial charge is 0.366 e. The molecule has 0 saturated carbocycles. The second-order valence-electron chi connectivity index (χ2n) is 4.07. The zero-order valence-corrected chi connectivity index (χ0v) is 11.8. The first kappa shape index (κ1) is 14.1. The Hall–Kier alpha value is -2.34. The van der Waals surface area contributed by atoms with Crippen molar-refractivity contribution >= 4 is 28.3 Å². The predicted octanol–water partition coefficient (Wildman–Crippen LogP) is 2.66. The summed E-state index contributed by atoms with van der Waals surface area (Å²) >= 11 is 1.32. The number of carbonyl (C=O) groups excluding carboxylic acids is 2. The van der Waals surface area contributed by atoms with Gasteiger partial charge in [0.2, 0.25) is 0 Å². The van der Waals surface area contributed by atoms with E-state index in [0.717, 1.165) is 10.4 Å². The number of nitrogens with one attached hydrogen (secondary N) is 2. The summed E-state index contributed by atoms with van der Waals surface area (Å²) in [4.78, 5) is 23.9. The minimum atomic E-state index is -0.560. The summed E-state index contributed by atoms with van der Waals surface area (Å²) in [5, 5.41) is 5.72. The zero-order valence-electron chi connectivity index (χ0n) is 11.0. The van der Waals surface area contributed by atoms with Gasteiger partial charge >= 0.3 is 6.03 Å². The fourth-order valence-electron chi connectivity index (χ4n) is 1.72. The van der Waals surface area contributed by atoms with Crippen LogP contribution in [-0.4, -0.2) is 18.5 Å². The summed E-state index contributed by atoms with van der Waals surface area (Å²) < 4.78 is 0. The second kappa shape index (κ2) is 6.21. The highest BCUT2D eigenvalue weighted by molar-refractivity contribution is 7.20. The van der Waals surface area contributed by atoms with Crippen LogP contribution in [0, 0.1) is 0 Å². The highest BCUT2D eigenvalue weighted by Gasteiger charge is 2.16. The maximum atomic E-state index is 11.6. The van der Waals surface area contributed by atoms with Crippen LogP contribution in [0.15, 0.2) is 36.4 Å². The molecule has 0 atom stereocenters. The minimum Gasteiger partial charge on any atom is -0.366 e. The number of urea groups is 1. The lowest BCUT2D eigenvalue weighted by Crippen LogP contribution is -2.28. The first-order valence-corrected chi connectivity index (χ1v) is 6.97. The zero-order chi connectivity index (χ0) is 14.5. The molecule has 0 unspecified atom stereocenters. The molecule has 5 nitrogen and oxygen atoms in total. The molecule has 0 spiro atoms. The molecule has 0 fully saturated rings. The van der Waals surface area contributed by atoms with Crippen molar-refractivity contribution in [3.63, 3.8) is 0 Å². The summed E-state index contributed by atoms with van der Waals surface area (Å²) in [6, 6.07) is 11.0. The highest BCUT2D eigenvalue weighted by atomic mass is 32.1. The predicted molar refractivity (Wildman–Crippen MR) is 81.0 cm³/mol. The van der Waals surface area contributed by atoms with Crippen LogP contribution >= 0.6 is 11.3 Å². The molecule has 2 rings (SSSR count). The Morgan fingerprint density at radius 2 is 1.95 bits per heavy atom. The van der Waals surface area contributed by atoms with Crippen LogP contribution < -0.4 is 16.4 Å². The van der Waals surface area contributed by atoms with Crippen LogP contribution in [0.2, 0.25) is 0 Å². The Morgan fingerprint density at radius 1 is 1.25 bits per heavy atom. The van der Waals surface area contributed by atoms with Gasteiger partial charge in [0, 0.05) is 11.4 Å². The molecule has 3 amide bonds. The van der Waals surface area contributed by atoms with E-state index < -0.39 is 5.91 Å². The van der Waals surface area contributed by atoms with Gasteiger partial charge in [-0.2, -0.15) is 0 Å². The standard InChI is InChI=1S/C14H15N3O2S/c1-2-16-14(19)17-13-10(12(15)18)8-11(20-13)9-6-4-3-5-7-9/h3-8H,2H2,1H3,(H2,15,18)(H2,16,17,19). The van der Waals surface area contributed by atoms with Gasteiger partial charge in [0.05, 0.1) is 5.56 Å². The van der Waals surface area contributed by atoms with E-state index in [4.69, 9.17) is 5.73 Å². The average molecular weight is 289 g/mol. The van der Waals surface area contributed by atoms with Gasteiger partial charge in [0.15, 0.2) is 0 Å². The van der Waals surface area contributed by atoms with Crippen LogP contribution in [0.3, 0.4) is 0 Å². The molecule has 0 radical (unpaired) electrons. The normalized spacial score (nSPS) is 10.1. The third kappa shape index (κ3) is 3.16. The van der Waals surface area contributed by atoms with Gasteiger partial charge in [-0.15, -0.1) is 11.3 Å². The smallest absolute Gasteiger partial charge is 0.319 e. The molecule has 1 aromatic carbocycles. The van der Waals surface area contributed by atoms with E-state index in [2.05, 4.69) is 10.6 Å². The van der Waals surface area contributed by atoms with Crippen molar-refractivity contribution in [2.45, 2.75) is 6.92 Å². The molecular weight excluding hydrogens is 274 g/mol. The van der Waals surface area contributed by atoms with Gasteiger partial charge in [-0.3, -0.25) is 10.1 Å². The number of amides is 3. The molecule has 2 aromatic rings. The lowest BCUT2D eigenvalue weighted by molar-refractivity contribution is 0.100. The van der Waals surface area contributed by atoms with Crippen molar-refractivity contribution in [2.75, 3.05) is 11.9 Å². The molecule has 20 heavy (non-hydrogen) atoms. The fraction of sp³-hybridized carbons (Fsp3) is 0.143. The van der Waals surface area contributed by atoms with Gasteiger partial charge in [0.1, 0.15) is 5.00 Å². The van der Waals surface area contributed by atoms with E-state index in [-0.39, 0.29) is 6.03 Å². The number of hydrogen-bond acceptors (Lipinski definition) is 3. The summed E-state index contributed by atoms with van der Waals surface area (Å²) in [6.07, 6.45) is 0. The number of anilines is 1. The Kier molecular flexibility index (Phi) is 4.37. The molecule has 1 aromatic heterocycles. The maximum absolute atomic E-state index is 11.6. The van der Waals surface area contributed by atoms with Crippen LogP contribution in [0.4, 0.5) is 9.80 Å². The van der Waals surface area contributed by atoms with Gasteiger partial charge < -0.3 is 11.1 Å². The Balaban J connectivity index is 2.34. The SMILES string of the molecule is CCNC(=O)Nc1sc(-c2ccccc2)cc1C(N)=O. The van der Waals surface area contributed by atoms with E-state index >= 15 is 0 Å². The Bertz CT molecular complexity index is 623. The first-order chi connectivity index (χ1) is 9.61. The number of primary amides is 1. The van der Waals surface area contributed by atoms with Crippen molar-refractivity contribution in [3.05, 3.63) is 42.0 Å². The van der Waals surface area contributed by atoms with Crippen LogP contribution in [0.5, 0.6) is 0 Å². The van der Waals surface area contributed by atoms with E-state index in [1.54, 1.807) is 6.07 Å². The maximum Gasteiger partial charge on any atom is 0.319 e. The van der Waals surface area contributed by atoms with Crippen molar-refractivity contribution < 1.29 is 9.59 Å². The van der Waals surface area contributed by atoms with Gasteiger partial charge in [0.25, 0.3) is 5.91 Å². The monoisotopic (exact) mass is 289 g/mol. The molecule has 0 aliphatic rings. The molecule has 6 heteroatoms. The Morgan fingerprint density at radius 3 is 2.55 bits per heavy atom. The molecular formula is C14H15N3O2S. The number of carbonyl (C=O) groups is 2. The van der Waals surface area contributed by atoms with Crippen molar-refractivity contribution in [1.29, 1.82) is 0 Å². The molecule has 104 valence electrons. The molecule has 0 aliphatic heterocycles. The summed E-state index contributed by atoms with van der Waals surface area (Å²) in [7, 11) is 0. The highest BCUT2D eigenvalue weighted by Crippen LogP contribution is 2.35. The van der Waals surface area contributed by atoms with Crippen molar-refractivity contribution in [3.8, 4) is 10.4 Å². The molecule has 1 heterocycles. The third-order valence-electron chi connectivity index (χ3n) is 2.62. The number of benzene rings is 1. The molecule has 0 bridgehead atoms. The Labute approximate surface area is 120 Å². The summed E-state index contributed by atoms with van der Waals surface area (Å²) in [5.74, 6) is -0.560. The van der Waals surface area contributed by atoms with Gasteiger partial charge in [-0.05, 0) is 18.6 Å². The fourth-order valence-corrected chi connectivity index (χ4v) is 2.78. The van der Waals surface area contributed by atoms with Gasteiger partial charge in [-0.25, -0.2) is 4.79 Å². The lowest BCUT2D eigenvalue weighted by atomic mass is 10.1.